The van der Waals surface area contributed by atoms with Crippen LogP contribution in [0.5, 0.6) is 0 Å². The second kappa shape index (κ2) is 5.50. The van der Waals surface area contributed by atoms with Crippen LogP contribution in [0.1, 0.15) is 44.7 Å². The van der Waals surface area contributed by atoms with Gasteiger partial charge in [0.25, 0.3) is 0 Å². The number of hydrogen-bond donors (Lipinski definition) is 1. The molecule has 1 nitrogen and oxygen atoms in total. The molecule has 0 aliphatic heterocycles. The summed E-state index contributed by atoms with van der Waals surface area (Å²) in [6, 6.07) is 10.0. The Hall–Kier alpha value is -0.0900. The van der Waals surface area contributed by atoms with Crippen LogP contribution in [0.2, 0.25) is 0 Å². The minimum atomic E-state index is 0.475. The van der Waals surface area contributed by atoms with E-state index < -0.39 is 0 Å². The van der Waals surface area contributed by atoms with Crippen molar-refractivity contribution in [1.29, 1.82) is 0 Å². The molecule has 3 atom stereocenters. The van der Waals surface area contributed by atoms with Crippen molar-refractivity contribution < 1.29 is 0 Å². The van der Waals surface area contributed by atoms with Crippen molar-refractivity contribution >= 4 is 22.6 Å². The van der Waals surface area contributed by atoms with E-state index in [-0.39, 0.29) is 0 Å². The first-order valence-corrected chi connectivity index (χ1v) is 7.26. The van der Waals surface area contributed by atoms with Gasteiger partial charge in [-0.3, -0.25) is 0 Å². The van der Waals surface area contributed by atoms with E-state index in [1.165, 1.54) is 28.4 Å². The Morgan fingerprint density at radius 1 is 1.25 bits per heavy atom. The van der Waals surface area contributed by atoms with Crippen molar-refractivity contribution in [2.75, 3.05) is 0 Å². The third-order valence-electron chi connectivity index (χ3n) is 3.70. The first-order chi connectivity index (χ1) is 7.66. The predicted octanol–water partition coefficient (Wildman–Crippen LogP) is 4.13. The molecular weight excluding hydrogens is 309 g/mol. The number of halogens is 1. The molecule has 0 radical (unpaired) electrons. The predicted molar refractivity (Wildman–Crippen MR) is 77.5 cm³/mol. The average Bonchev–Trinajstić information content (AvgIpc) is 2.65. The van der Waals surface area contributed by atoms with Gasteiger partial charge in [0.2, 0.25) is 0 Å². The van der Waals surface area contributed by atoms with Crippen molar-refractivity contribution in [3.05, 3.63) is 33.4 Å². The Kier molecular flexibility index (Phi) is 4.25. The van der Waals surface area contributed by atoms with Crippen LogP contribution in [0.4, 0.5) is 0 Å². The van der Waals surface area contributed by atoms with E-state index in [4.69, 9.17) is 0 Å². The van der Waals surface area contributed by atoms with Crippen LogP contribution in [0, 0.1) is 9.49 Å². The Morgan fingerprint density at radius 2 is 1.94 bits per heavy atom. The summed E-state index contributed by atoms with van der Waals surface area (Å²) >= 11 is 2.35. The molecule has 88 valence electrons. The zero-order chi connectivity index (χ0) is 11.5. The molecule has 1 aromatic carbocycles. The number of benzene rings is 1. The van der Waals surface area contributed by atoms with Crippen LogP contribution in [0.15, 0.2) is 24.3 Å². The number of nitrogens with one attached hydrogen (secondary N) is 1. The second-order valence-electron chi connectivity index (χ2n) is 4.95. The van der Waals surface area contributed by atoms with Gasteiger partial charge in [0, 0.05) is 15.7 Å². The molecule has 0 saturated heterocycles. The molecule has 0 heterocycles. The van der Waals surface area contributed by atoms with Gasteiger partial charge in [-0.15, -0.1) is 0 Å². The summed E-state index contributed by atoms with van der Waals surface area (Å²) in [5.41, 5.74) is 1.40. The fourth-order valence-electron chi connectivity index (χ4n) is 2.56. The van der Waals surface area contributed by atoms with E-state index in [1.807, 2.05) is 0 Å². The molecule has 1 aromatic rings. The van der Waals surface area contributed by atoms with Crippen molar-refractivity contribution in [3.63, 3.8) is 0 Å². The fourth-order valence-corrected chi connectivity index (χ4v) is 2.92. The van der Waals surface area contributed by atoms with E-state index in [2.05, 4.69) is 66.0 Å². The third kappa shape index (κ3) is 2.98. The minimum Gasteiger partial charge on any atom is -0.307 e. The van der Waals surface area contributed by atoms with Crippen molar-refractivity contribution in [2.24, 2.45) is 5.92 Å². The largest absolute Gasteiger partial charge is 0.307 e. The SMILES string of the molecule is CC(NC1CCCC1C)c1ccc(I)cc1. The van der Waals surface area contributed by atoms with E-state index >= 15 is 0 Å². The zero-order valence-corrected chi connectivity index (χ0v) is 12.2. The molecule has 1 fully saturated rings. The van der Waals surface area contributed by atoms with Crippen molar-refractivity contribution in [1.82, 2.24) is 5.32 Å². The number of hydrogen-bond acceptors (Lipinski definition) is 1. The summed E-state index contributed by atoms with van der Waals surface area (Å²) in [6.07, 6.45) is 4.12. The summed E-state index contributed by atoms with van der Waals surface area (Å²) in [5.74, 6) is 0.839. The molecule has 16 heavy (non-hydrogen) atoms. The lowest BCUT2D eigenvalue weighted by Gasteiger charge is -2.23. The molecule has 2 heteroatoms. The van der Waals surface area contributed by atoms with Crippen LogP contribution >= 0.6 is 22.6 Å². The van der Waals surface area contributed by atoms with Gasteiger partial charge in [0.15, 0.2) is 0 Å². The topological polar surface area (TPSA) is 12.0 Å². The quantitative estimate of drug-likeness (QED) is 0.822. The fraction of sp³-hybridized carbons (Fsp3) is 0.571. The van der Waals surface area contributed by atoms with Crippen LogP contribution in [0.3, 0.4) is 0 Å². The highest BCUT2D eigenvalue weighted by molar-refractivity contribution is 14.1. The molecule has 1 saturated carbocycles. The first kappa shape index (κ1) is 12.4. The van der Waals surface area contributed by atoms with Gasteiger partial charge in [0.05, 0.1) is 0 Å². The van der Waals surface area contributed by atoms with E-state index in [9.17, 15) is 0 Å². The summed E-state index contributed by atoms with van der Waals surface area (Å²) in [6.45, 7) is 4.64. The maximum Gasteiger partial charge on any atom is 0.0294 e. The molecular formula is C14H20IN. The smallest absolute Gasteiger partial charge is 0.0294 e. The summed E-state index contributed by atoms with van der Waals surface area (Å²) in [7, 11) is 0. The van der Waals surface area contributed by atoms with Crippen LogP contribution < -0.4 is 5.32 Å². The van der Waals surface area contributed by atoms with Crippen LogP contribution in [0.25, 0.3) is 0 Å². The van der Waals surface area contributed by atoms with Gasteiger partial charge in [-0.25, -0.2) is 0 Å². The normalized spacial score (nSPS) is 26.9. The average molecular weight is 329 g/mol. The van der Waals surface area contributed by atoms with E-state index in [0.717, 1.165) is 5.92 Å². The molecule has 0 amide bonds. The van der Waals surface area contributed by atoms with Crippen LogP contribution in [-0.2, 0) is 0 Å². The summed E-state index contributed by atoms with van der Waals surface area (Å²) < 4.78 is 1.31. The van der Waals surface area contributed by atoms with Crippen molar-refractivity contribution in [3.8, 4) is 0 Å². The standard InChI is InChI=1S/C14H20IN/c1-10-4-3-5-14(10)16-11(2)12-6-8-13(15)9-7-12/h6-11,14,16H,3-5H2,1-2H3. The van der Waals surface area contributed by atoms with Gasteiger partial charge in [0.1, 0.15) is 0 Å². The molecule has 0 aromatic heterocycles. The molecule has 0 spiro atoms. The molecule has 0 bridgehead atoms. The highest BCUT2D eigenvalue weighted by Gasteiger charge is 2.24. The Morgan fingerprint density at radius 3 is 2.50 bits per heavy atom. The molecule has 1 aliphatic carbocycles. The highest BCUT2D eigenvalue weighted by Crippen LogP contribution is 2.27. The maximum absolute atomic E-state index is 3.76. The molecule has 1 N–H and O–H groups in total. The van der Waals surface area contributed by atoms with E-state index in [0.29, 0.717) is 12.1 Å². The lowest BCUT2D eigenvalue weighted by atomic mass is 10.0. The highest BCUT2D eigenvalue weighted by atomic mass is 127. The Bertz CT molecular complexity index is 333. The zero-order valence-electron chi connectivity index (χ0n) is 10.0. The summed E-state index contributed by atoms with van der Waals surface area (Å²) in [5, 5.41) is 3.76. The van der Waals surface area contributed by atoms with Gasteiger partial charge >= 0.3 is 0 Å². The van der Waals surface area contributed by atoms with Gasteiger partial charge in [-0.05, 0) is 66.0 Å². The summed E-state index contributed by atoms with van der Waals surface area (Å²) in [4.78, 5) is 0. The lowest BCUT2D eigenvalue weighted by molar-refractivity contribution is 0.388. The second-order valence-corrected chi connectivity index (χ2v) is 6.20. The van der Waals surface area contributed by atoms with E-state index in [1.54, 1.807) is 0 Å². The van der Waals surface area contributed by atoms with Crippen LogP contribution in [-0.4, -0.2) is 6.04 Å². The molecule has 3 unspecified atom stereocenters. The monoisotopic (exact) mass is 329 g/mol. The van der Waals surface area contributed by atoms with Gasteiger partial charge in [-0.2, -0.15) is 0 Å². The minimum absolute atomic E-state index is 0.475. The molecule has 1 aliphatic rings. The Labute approximate surface area is 112 Å². The lowest BCUT2D eigenvalue weighted by Crippen LogP contribution is -2.33. The maximum atomic E-state index is 3.76. The van der Waals surface area contributed by atoms with Gasteiger partial charge < -0.3 is 5.32 Å². The third-order valence-corrected chi connectivity index (χ3v) is 4.41. The number of rotatable bonds is 3. The first-order valence-electron chi connectivity index (χ1n) is 6.18. The molecule has 2 rings (SSSR count). The Balaban J connectivity index is 1.97. The van der Waals surface area contributed by atoms with Gasteiger partial charge in [-0.1, -0.05) is 25.5 Å². The van der Waals surface area contributed by atoms with Crippen molar-refractivity contribution in [2.45, 2.75) is 45.2 Å².